The van der Waals surface area contributed by atoms with E-state index in [1.165, 1.54) is 29.2 Å². The van der Waals surface area contributed by atoms with Gasteiger partial charge in [-0.05, 0) is 63.1 Å². The maximum Gasteiger partial charge on any atom is 0.243 e. The second-order valence-corrected chi connectivity index (χ2v) is 10.4. The summed E-state index contributed by atoms with van der Waals surface area (Å²) in [5.41, 5.74) is 1.90. The molecule has 0 spiro atoms. The van der Waals surface area contributed by atoms with Gasteiger partial charge in [0.2, 0.25) is 17.7 Å². The van der Waals surface area contributed by atoms with E-state index in [1.54, 1.807) is 19.1 Å². The zero-order valence-electron chi connectivity index (χ0n) is 20.1. The largest absolute Gasteiger partial charge is 0.352 e. The molecule has 7 nitrogen and oxygen atoms in total. The minimum atomic E-state index is -1.80. The topological polar surface area (TPSA) is 95.6 Å². The predicted molar refractivity (Wildman–Crippen MR) is 136 cm³/mol. The van der Waals surface area contributed by atoms with Crippen LogP contribution in [0.1, 0.15) is 44.6 Å². The number of aryl methyl sites for hydroxylation is 1. The quantitative estimate of drug-likeness (QED) is 0.548. The Morgan fingerprint density at radius 1 is 1.00 bits per heavy atom. The number of hydrogen-bond donors (Lipinski definition) is 2. The van der Waals surface area contributed by atoms with Gasteiger partial charge in [0.25, 0.3) is 0 Å². The molecular formula is C26H32FN3O4S. The summed E-state index contributed by atoms with van der Waals surface area (Å²) in [5.74, 6) is -2.55. The zero-order chi connectivity index (χ0) is 25.4. The number of anilines is 2. The summed E-state index contributed by atoms with van der Waals surface area (Å²) >= 11 is 0. The van der Waals surface area contributed by atoms with Crippen LogP contribution in [0.5, 0.6) is 0 Å². The van der Waals surface area contributed by atoms with E-state index in [9.17, 15) is 23.0 Å². The first-order valence-electron chi connectivity index (χ1n) is 11.8. The number of carbonyl (C=O) groups excluding carboxylic acids is 3. The molecule has 2 aromatic carbocycles. The lowest BCUT2D eigenvalue weighted by atomic mass is 9.95. The van der Waals surface area contributed by atoms with Crippen LogP contribution in [0.2, 0.25) is 0 Å². The monoisotopic (exact) mass is 501 g/mol. The van der Waals surface area contributed by atoms with Gasteiger partial charge < -0.3 is 10.6 Å². The molecule has 1 aliphatic rings. The molecule has 1 fully saturated rings. The molecule has 0 bridgehead atoms. The van der Waals surface area contributed by atoms with Crippen molar-refractivity contribution in [1.82, 2.24) is 5.32 Å². The maximum atomic E-state index is 13.2. The minimum absolute atomic E-state index is 0.0953. The average molecular weight is 502 g/mol. The Balaban J connectivity index is 1.66. The van der Waals surface area contributed by atoms with Gasteiger partial charge in [0, 0.05) is 28.2 Å². The highest BCUT2D eigenvalue weighted by Crippen LogP contribution is 2.21. The molecule has 2 N–H and O–H groups in total. The predicted octanol–water partition coefficient (Wildman–Crippen LogP) is 3.69. The number of rotatable bonds is 9. The Hall–Kier alpha value is -3.07. The summed E-state index contributed by atoms with van der Waals surface area (Å²) < 4.78 is 25.7. The molecule has 0 aliphatic heterocycles. The van der Waals surface area contributed by atoms with Crippen molar-refractivity contribution in [3.8, 4) is 0 Å². The van der Waals surface area contributed by atoms with Crippen molar-refractivity contribution in [2.45, 2.75) is 58.0 Å². The van der Waals surface area contributed by atoms with Gasteiger partial charge in [0.1, 0.15) is 23.4 Å². The third-order valence-electron chi connectivity index (χ3n) is 6.00. The normalized spacial score (nSPS) is 15.6. The summed E-state index contributed by atoms with van der Waals surface area (Å²) in [6.45, 7) is 3.57. The first kappa shape index (κ1) is 26.5. The number of hydrogen-bond acceptors (Lipinski definition) is 4. The molecule has 0 aromatic heterocycles. The SMILES string of the molecule is Cc1ccc(N(C(=O)C[S@@](=O)CC(=O)Nc2ccc(F)cc2)[C@H](C)C(=O)NC2CCCCC2)cc1. The third-order valence-corrected chi connectivity index (χ3v) is 7.16. The van der Waals surface area contributed by atoms with E-state index in [2.05, 4.69) is 10.6 Å². The summed E-state index contributed by atoms with van der Waals surface area (Å²) in [5, 5.41) is 5.59. The molecule has 9 heteroatoms. The van der Waals surface area contributed by atoms with Gasteiger partial charge in [0.15, 0.2) is 0 Å². The first-order chi connectivity index (χ1) is 16.7. The van der Waals surface area contributed by atoms with Crippen molar-refractivity contribution < 1.29 is 23.0 Å². The molecule has 1 saturated carbocycles. The number of carbonyl (C=O) groups is 3. The number of halogens is 1. The van der Waals surface area contributed by atoms with Crippen molar-refractivity contribution in [1.29, 1.82) is 0 Å². The van der Waals surface area contributed by atoms with Crippen molar-refractivity contribution in [2.75, 3.05) is 21.7 Å². The van der Waals surface area contributed by atoms with Gasteiger partial charge in [-0.3, -0.25) is 23.5 Å². The van der Waals surface area contributed by atoms with Crippen LogP contribution in [0.15, 0.2) is 48.5 Å². The van der Waals surface area contributed by atoms with Crippen LogP contribution < -0.4 is 15.5 Å². The summed E-state index contributed by atoms with van der Waals surface area (Å²) in [4.78, 5) is 39.8. The fraction of sp³-hybridized carbons (Fsp3) is 0.423. The molecule has 2 atom stereocenters. The molecule has 188 valence electrons. The smallest absolute Gasteiger partial charge is 0.243 e. The van der Waals surface area contributed by atoms with Crippen LogP contribution in [0, 0.1) is 12.7 Å². The molecule has 3 amide bonds. The highest BCUT2D eigenvalue weighted by molar-refractivity contribution is 7.86. The molecular weight excluding hydrogens is 469 g/mol. The van der Waals surface area contributed by atoms with E-state index in [-0.39, 0.29) is 11.9 Å². The van der Waals surface area contributed by atoms with E-state index in [1.807, 2.05) is 19.1 Å². The van der Waals surface area contributed by atoms with Gasteiger partial charge >= 0.3 is 0 Å². The van der Waals surface area contributed by atoms with Gasteiger partial charge in [0.05, 0.1) is 0 Å². The molecule has 1 aliphatic carbocycles. The third kappa shape index (κ3) is 7.99. The molecule has 2 aromatic rings. The van der Waals surface area contributed by atoms with E-state index >= 15 is 0 Å². The van der Waals surface area contributed by atoms with Crippen molar-refractivity contribution in [3.63, 3.8) is 0 Å². The first-order valence-corrected chi connectivity index (χ1v) is 13.3. The fourth-order valence-electron chi connectivity index (χ4n) is 4.11. The fourth-order valence-corrected chi connectivity index (χ4v) is 4.99. The zero-order valence-corrected chi connectivity index (χ0v) is 20.9. The van der Waals surface area contributed by atoms with Crippen molar-refractivity contribution >= 4 is 39.9 Å². The minimum Gasteiger partial charge on any atom is -0.352 e. The maximum absolute atomic E-state index is 13.2. The Kier molecular flexibility index (Phi) is 9.54. The van der Waals surface area contributed by atoms with Crippen molar-refractivity contribution in [3.05, 3.63) is 59.9 Å². The number of benzene rings is 2. The van der Waals surface area contributed by atoms with Crippen LogP contribution in [0.4, 0.5) is 15.8 Å². The molecule has 0 unspecified atom stereocenters. The Labute approximate surface area is 207 Å². The van der Waals surface area contributed by atoms with Crippen LogP contribution in [0.3, 0.4) is 0 Å². The molecule has 0 radical (unpaired) electrons. The van der Waals surface area contributed by atoms with Crippen molar-refractivity contribution in [2.24, 2.45) is 0 Å². The molecule has 0 saturated heterocycles. The van der Waals surface area contributed by atoms with Crippen LogP contribution in [-0.4, -0.2) is 45.5 Å². The highest BCUT2D eigenvalue weighted by atomic mass is 32.2. The molecule has 35 heavy (non-hydrogen) atoms. The second-order valence-electron chi connectivity index (χ2n) is 8.90. The lowest BCUT2D eigenvalue weighted by Gasteiger charge is -2.31. The second kappa shape index (κ2) is 12.6. The van der Waals surface area contributed by atoms with Crippen LogP contribution >= 0.6 is 0 Å². The van der Waals surface area contributed by atoms with E-state index in [4.69, 9.17) is 0 Å². The van der Waals surface area contributed by atoms with E-state index in [0.717, 1.165) is 37.7 Å². The summed E-state index contributed by atoms with van der Waals surface area (Å²) in [6.07, 6.45) is 5.14. The Bertz CT molecular complexity index is 1050. The average Bonchev–Trinajstić information content (AvgIpc) is 2.82. The standard InChI is InChI=1S/C26H32FN3O4S/c1-18-8-14-23(15-9-18)30(19(2)26(33)29-21-6-4-3-5-7-21)25(32)17-35(34)16-24(31)28-22-12-10-20(27)11-13-22/h8-15,19,21H,3-7,16-17H2,1-2H3,(H,28,31)(H,29,33)/t19-,35+/m1/s1. The Morgan fingerprint density at radius 2 is 1.63 bits per heavy atom. The summed E-state index contributed by atoms with van der Waals surface area (Å²) in [6, 6.07) is 11.7. The van der Waals surface area contributed by atoms with E-state index in [0.29, 0.717) is 11.4 Å². The Morgan fingerprint density at radius 3 is 2.26 bits per heavy atom. The van der Waals surface area contributed by atoms with Gasteiger partial charge in [-0.25, -0.2) is 4.39 Å². The van der Waals surface area contributed by atoms with Crippen LogP contribution in [0.25, 0.3) is 0 Å². The highest BCUT2D eigenvalue weighted by Gasteiger charge is 2.30. The number of amides is 3. The molecule has 0 heterocycles. The number of nitrogens with zero attached hydrogens (tertiary/aromatic N) is 1. The lowest BCUT2D eigenvalue weighted by molar-refractivity contribution is -0.126. The van der Waals surface area contributed by atoms with Crippen LogP contribution in [-0.2, 0) is 25.2 Å². The van der Waals surface area contributed by atoms with Gasteiger partial charge in [-0.15, -0.1) is 0 Å². The van der Waals surface area contributed by atoms with Gasteiger partial charge in [-0.1, -0.05) is 37.0 Å². The number of nitrogens with one attached hydrogen (secondary N) is 2. The lowest BCUT2D eigenvalue weighted by Crippen LogP contribution is -2.52. The van der Waals surface area contributed by atoms with Gasteiger partial charge in [-0.2, -0.15) is 0 Å². The van der Waals surface area contributed by atoms with E-state index < -0.39 is 46.0 Å². The molecule has 3 rings (SSSR count). The summed E-state index contributed by atoms with van der Waals surface area (Å²) in [7, 11) is -1.80.